The first kappa shape index (κ1) is 16.2. The monoisotopic (exact) mass is 277 g/mol. The topological polar surface area (TPSA) is 66.4 Å². The lowest BCUT2D eigenvalue weighted by Crippen LogP contribution is -2.27. The van der Waals surface area contributed by atoms with Crippen molar-refractivity contribution in [3.63, 3.8) is 0 Å². The third-order valence-electron chi connectivity index (χ3n) is 3.48. The predicted molar refractivity (Wildman–Crippen MR) is 78.9 cm³/mol. The molecular formula is C16H23NO3. The zero-order chi connectivity index (χ0) is 15.1. The van der Waals surface area contributed by atoms with Crippen LogP contribution in [0.3, 0.4) is 0 Å². The second-order valence-electron chi connectivity index (χ2n) is 5.35. The van der Waals surface area contributed by atoms with E-state index in [0.717, 1.165) is 23.1 Å². The lowest BCUT2D eigenvalue weighted by molar-refractivity contribution is -0.137. The number of benzene rings is 1. The largest absolute Gasteiger partial charge is 0.481 e. The molecule has 0 heterocycles. The molecule has 0 aliphatic rings. The number of carbonyl (C=O) groups excluding carboxylic acids is 1. The molecule has 110 valence electrons. The molecule has 0 saturated heterocycles. The van der Waals surface area contributed by atoms with Crippen molar-refractivity contribution < 1.29 is 14.7 Å². The number of hydrogen-bond acceptors (Lipinski definition) is 2. The number of rotatable bonds is 7. The van der Waals surface area contributed by atoms with E-state index in [9.17, 15) is 9.59 Å². The van der Waals surface area contributed by atoms with Crippen LogP contribution in [-0.4, -0.2) is 23.5 Å². The van der Waals surface area contributed by atoms with E-state index in [1.54, 1.807) is 0 Å². The second-order valence-corrected chi connectivity index (χ2v) is 5.35. The van der Waals surface area contributed by atoms with E-state index in [4.69, 9.17) is 5.11 Å². The quantitative estimate of drug-likeness (QED) is 0.805. The normalized spacial score (nSPS) is 11.9. The first-order valence-corrected chi connectivity index (χ1v) is 6.98. The van der Waals surface area contributed by atoms with Crippen molar-refractivity contribution in [1.82, 2.24) is 5.32 Å². The number of aryl methyl sites for hydroxylation is 2. The molecule has 0 saturated carbocycles. The predicted octanol–water partition coefficient (Wildman–Crippen LogP) is 2.92. The molecule has 0 bridgehead atoms. The average molecular weight is 277 g/mol. The van der Waals surface area contributed by atoms with Gasteiger partial charge in [-0.3, -0.25) is 9.59 Å². The third-order valence-corrected chi connectivity index (χ3v) is 3.48. The summed E-state index contributed by atoms with van der Waals surface area (Å²) in [6, 6.07) is 5.80. The molecule has 0 fully saturated rings. The fraction of sp³-hybridized carbons (Fsp3) is 0.500. The molecule has 1 rings (SSSR count). The van der Waals surface area contributed by atoms with Crippen LogP contribution in [0.5, 0.6) is 0 Å². The lowest BCUT2D eigenvalue weighted by Gasteiger charge is -2.13. The fourth-order valence-corrected chi connectivity index (χ4v) is 2.21. The molecule has 20 heavy (non-hydrogen) atoms. The number of carboxylic acids is 1. The smallest absolute Gasteiger partial charge is 0.303 e. The van der Waals surface area contributed by atoms with Gasteiger partial charge in [0, 0.05) is 18.5 Å². The van der Waals surface area contributed by atoms with Crippen LogP contribution in [0.1, 0.15) is 47.7 Å². The van der Waals surface area contributed by atoms with Crippen molar-refractivity contribution in [2.24, 2.45) is 5.92 Å². The Balaban J connectivity index is 2.42. The molecule has 1 amide bonds. The molecule has 0 radical (unpaired) electrons. The van der Waals surface area contributed by atoms with Gasteiger partial charge in [0.05, 0.1) is 0 Å². The molecule has 4 nitrogen and oxygen atoms in total. The van der Waals surface area contributed by atoms with Gasteiger partial charge in [0.25, 0.3) is 5.91 Å². The Kier molecular flexibility index (Phi) is 6.22. The van der Waals surface area contributed by atoms with E-state index in [1.165, 1.54) is 0 Å². The van der Waals surface area contributed by atoms with Gasteiger partial charge in [0.15, 0.2) is 0 Å². The van der Waals surface area contributed by atoms with Crippen molar-refractivity contribution >= 4 is 11.9 Å². The number of amides is 1. The van der Waals surface area contributed by atoms with Crippen molar-refractivity contribution in [2.75, 3.05) is 6.54 Å². The summed E-state index contributed by atoms with van der Waals surface area (Å²) < 4.78 is 0. The first-order valence-electron chi connectivity index (χ1n) is 6.98. The highest BCUT2D eigenvalue weighted by Gasteiger charge is 2.12. The summed E-state index contributed by atoms with van der Waals surface area (Å²) in [5, 5.41) is 11.5. The van der Waals surface area contributed by atoms with Gasteiger partial charge in [-0.2, -0.15) is 0 Å². The molecule has 1 aromatic rings. The fourth-order valence-electron chi connectivity index (χ4n) is 2.21. The second kappa shape index (κ2) is 7.68. The number of aliphatic carboxylic acids is 1. The van der Waals surface area contributed by atoms with E-state index < -0.39 is 5.97 Å². The van der Waals surface area contributed by atoms with Gasteiger partial charge in [-0.1, -0.05) is 25.1 Å². The van der Waals surface area contributed by atoms with Gasteiger partial charge in [-0.15, -0.1) is 0 Å². The van der Waals surface area contributed by atoms with Crippen molar-refractivity contribution in [1.29, 1.82) is 0 Å². The van der Waals surface area contributed by atoms with Crippen molar-refractivity contribution in [3.05, 3.63) is 34.9 Å². The van der Waals surface area contributed by atoms with Gasteiger partial charge in [0.2, 0.25) is 0 Å². The van der Waals surface area contributed by atoms with E-state index in [1.807, 2.05) is 39.0 Å². The summed E-state index contributed by atoms with van der Waals surface area (Å²) >= 11 is 0. The molecule has 1 aromatic carbocycles. The van der Waals surface area contributed by atoms with E-state index in [-0.39, 0.29) is 12.3 Å². The third kappa shape index (κ3) is 5.03. The highest BCUT2D eigenvalue weighted by molar-refractivity contribution is 5.97. The SMILES string of the molecule is Cc1cccc(C)c1C(=O)NCCC(C)CCC(=O)O. The van der Waals surface area contributed by atoms with Crippen LogP contribution >= 0.6 is 0 Å². The van der Waals surface area contributed by atoms with Gasteiger partial charge >= 0.3 is 5.97 Å². The van der Waals surface area contributed by atoms with Crippen LogP contribution in [0.4, 0.5) is 0 Å². The van der Waals surface area contributed by atoms with Gasteiger partial charge < -0.3 is 10.4 Å². The Morgan fingerprint density at radius 3 is 2.35 bits per heavy atom. The molecule has 0 aliphatic heterocycles. The van der Waals surface area contributed by atoms with Crippen LogP contribution in [0.15, 0.2) is 18.2 Å². The van der Waals surface area contributed by atoms with Crippen molar-refractivity contribution in [2.45, 2.75) is 40.0 Å². The minimum absolute atomic E-state index is 0.0500. The number of nitrogens with one attached hydrogen (secondary N) is 1. The maximum absolute atomic E-state index is 12.1. The van der Waals surface area contributed by atoms with Gasteiger partial charge in [-0.05, 0) is 43.7 Å². The molecule has 2 N–H and O–H groups in total. The minimum atomic E-state index is -0.767. The molecule has 0 spiro atoms. The Bertz CT molecular complexity index is 462. The maximum Gasteiger partial charge on any atom is 0.303 e. The Morgan fingerprint density at radius 1 is 1.20 bits per heavy atom. The van der Waals surface area contributed by atoms with Crippen LogP contribution in [0, 0.1) is 19.8 Å². The Morgan fingerprint density at radius 2 is 1.80 bits per heavy atom. The summed E-state index contributed by atoms with van der Waals surface area (Å²) in [7, 11) is 0. The molecule has 1 atom stereocenters. The molecule has 0 aliphatic carbocycles. The molecular weight excluding hydrogens is 254 g/mol. The highest BCUT2D eigenvalue weighted by Crippen LogP contribution is 2.13. The maximum atomic E-state index is 12.1. The van der Waals surface area contributed by atoms with Crippen LogP contribution in [0.2, 0.25) is 0 Å². The minimum Gasteiger partial charge on any atom is -0.481 e. The zero-order valence-corrected chi connectivity index (χ0v) is 12.4. The number of carboxylic acid groups (broad SMARTS) is 1. The highest BCUT2D eigenvalue weighted by atomic mass is 16.4. The standard InChI is InChI=1S/C16H23NO3/c1-11(7-8-14(18)19)9-10-17-16(20)15-12(2)5-4-6-13(15)3/h4-6,11H,7-10H2,1-3H3,(H,17,20)(H,18,19). The van der Waals surface area contributed by atoms with Crippen LogP contribution in [0.25, 0.3) is 0 Å². The van der Waals surface area contributed by atoms with E-state index >= 15 is 0 Å². The summed E-state index contributed by atoms with van der Waals surface area (Å²) in [6.07, 6.45) is 1.63. The van der Waals surface area contributed by atoms with Crippen LogP contribution < -0.4 is 5.32 Å². The molecule has 0 aromatic heterocycles. The van der Waals surface area contributed by atoms with Gasteiger partial charge in [-0.25, -0.2) is 0 Å². The molecule has 4 heteroatoms. The zero-order valence-electron chi connectivity index (χ0n) is 12.4. The summed E-state index contributed by atoms with van der Waals surface area (Å²) in [4.78, 5) is 22.6. The Labute approximate surface area is 120 Å². The average Bonchev–Trinajstić information content (AvgIpc) is 2.36. The molecule has 1 unspecified atom stereocenters. The summed E-state index contributed by atoms with van der Waals surface area (Å²) in [5.41, 5.74) is 2.69. The number of carbonyl (C=O) groups is 2. The summed E-state index contributed by atoms with van der Waals surface area (Å²) in [6.45, 7) is 6.44. The van der Waals surface area contributed by atoms with E-state index in [0.29, 0.717) is 18.9 Å². The van der Waals surface area contributed by atoms with E-state index in [2.05, 4.69) is 5.32 Å². The van der Waals surface area contributed by atoms with Crippen molar-refractivity contribution in [3.8, 4) is 0 Å². The lowest BCUT2D eigenvalue weighted by atomic mass is 10.0. The first-order chi connectivity index (χ1) is 9.41. The Hall–Kier alpha value is -1.84. The van der Waals surface area contributed by atoms with Gasteiger partial charge in [0.1, 0.15) is 0 Å². The van der Waals surface area contributed by atoms with Crippen LogP contribution in [-0.2, 0) is 4.79 Å². The number of hydrogen-bond donors (Lipinski definition) is 2. The summed E-state index contributed by atoms with van der Waals surface area (Å²) in [5.74, 6) is -0.521.